The molecule has 0 spiro atoms. The zero-order chi connectivity index (χ0) is 20.0. The first kappa shape index (κ1) is 20.4. The van der Waals surface area contributed by atoms with Crippen molar-refractivity contribution in [3.8, 4) is 5.75 Å². The average Bonchev–Trinajstić information content (AvgIpc) is 2.61. The number of aryl methyl sites for hydroxylation is 1. The minimum Gasteiger partial charge on any atom is -0.508 e. The molecule has 0 aliphatic rings. The molecule has 0 heterocycles. The molecule has 2 rings (SSSR count). The molecule has 2 aromatic rings. The molecule has 8 nitrogen and oxygen atoms in total. The highest BCUT2D eigenvalue weighted by Gasteiger charge is 2.22. The van der Waals surface area contributed by atoms with Crippen LogP contribution in [-0.2, 0) is 26.0 Å². The van der Waals surface area contributed by atoms with Gasteiger partial charge in [0.05, 0.1) is 11.4 Å². The summed E-state index contributed by atoms with van der Waals surface area (Å²) >= 11 is 0. The number of carboxylic acids is 1. The maximum Gasteiger partial charge on any atom is 0.326 e. The number of aliphatic carboxylic acids is 1. The first-order chi connectivity index (χ1) is 12.7. The highest BCUT2D eigenvalue weighted by molar-refractivity contribution is 7.89. The Bertz CT molecular complexity index is 908. The van der Waals surface area contributed by atoms with Gasteiger partial charge in [0.1, 0.15) is 11.8 Å². The lowest BCUT2D eigenvalue weighted by Crippen LogP contribution is -2.46. The Labute approximate surface area is 156 Å². The van der Waals surface area contributed by atoms with Crippen molar-refractivity contribution < 1.29 is 28.2 Å². The average molecular weight is 392 g/mol. The summed E-state index contributed by atoms with van der Waals surface area (Å²) in [6.07, 6.45) is -0.00787. The molecule has 0 saturated carbocycles. The lowest BCUT2D eigenvalue weighted by molar-refractivity contribution is -0.141. The van der Waals surface area contributed by atoms with E-state index in [0.717, 1.165) is 5.56 Å². The number of carboxylic acid groups (broad SMARTS) is 1. The Morgan fingerprint density at radius 2 is 1.63 bits per heavy atom. The number of aromatic hydroxyl groups is 1. The van der Waals surface area contributed by atoms with Crippen LogP contribution in [0.25, 0.3) is 0 Å². The number of sulfonamides is 1. The number of benzene rings is 2. The van der Waals surface area contributed by atoms with Crippen molar-refractivity contribution >= 4 is 21.9 Å². The zero-order valence-electron chi connectivity index (χ0n) is 14.5. The zero-order valence-corrected chi connectivity index (χ0v) is 15.4. The number of hydrogen-bond acceptors (Lipinski definition) is 5. The Morgan fingerprint density at radius 1 is 1.04 bits per heavy atom. The van der Waals surface area contributed by atoms with Crippen LogP contribution in [0, 0.1) is 6.92 Å². The summed E-state index contributed by atoms with van der Waals surface area (Å²) in [4.78, 5) is 23.4. The van der Waals surface area contributed by atoms with E-state index < -0.39 is 34.5 Å². The molecule has 1 atom stereocenters. The fourth-order valence-electron chi connectivity index (χ4n) is 2.27. The van der Waals surface area contributed by atoms with E-state index in [9.17, 15) is 28.2 Å². The Kier molecular flexibility index (Phi) is 6.54. The van der Waals surface area contributed by atoms with Crippen LogP contribution >= 0.6 is 0 Å². The van der Waals surface area contributed by atoms with Gasteiger partial charge in [0.2, 0.25) is 15.9 Å². The van der Waals surface area contributed by atoms with Crippen molar-refractivity contribution in [3.63, 3.8) is 0 Å². The summed E-state index contributed by atoms with van der Waals surface area (Å²) in [5.74, 6) is -1.98. The monoisotopic (exact) mass is 392 g/mol. The molecule has 1 amide bonds. The van der Waals surface area contributed by atoms with Gasteiger partial charge in [-0.2, -0.15) is 0 Å². The van der Waals surface area contributed by atoms with Crippen molar-refractivity contribution in [2.24, 2.45) is 0 Å². The fraction of sp³-hybridized carbons (Fsp3) is 0.222. The van der Waals surface area contributed by atoms with Gasteiger partial charge in [-0.05, 0) is 36.8 Å². The first-order valence-corrected chi connectivity index (χ1v) is 9.52. The lowest BCUT2D eigenvalue weighted by Gasteiger charge is -2.15. The minimum absolute atomic E-state index is 0.00787. The number of carbonyl (C=O) groups is 2. The molecule has 27 heavy (non-hydrogen) atoms. The molecule has 0 radical (unpaired) electrons. The van der Waals surface area contributed by atoms with Gasteiger partial charge in [-0.15, -0.1) is 0 Å². The Balaban J connectivity index is 1.96. The van der Waals surface area contributed by atoms with Gasteiger partial charge >= 0.3 is 5.97 Å². The van der Waals surface area contributed by atoms with Crippen molar-refractivity contribution in [2.45, 2.75) is 24.3 Å². The van der Waals surface area contributed by atoms with Crippen LogP contribution in [0.4, 0.5) is 0 Å². The molecular formula is C18H20N2O6S. The van der Waals surface area contributed by atoms with E-state index in [2.05, 4.69) is 10.0 Å². The summed E-state index contributed by atoms with van der Waals surface area (Å²) in [5, 5.41) is 20.8. The summed E-state index contributed by atoms with van der Waals surface area (Å²) in [5.41, 5.74) is 1.49. The van der Waals surface area contributed by atoms with Crippen LogP contribution in [0.3, 0.4) is 0 Å². The van der Waals surface area contributed by atoms with Gasteiger partial charge in [-0.25, -0.2) is 17.9 Å². The molecule has 4 N–H and O–H groups in total. The number of phenols is 1. The molecule has 2 aromatic carbocycles. The highest BCUT2D eigenvalue weighted by Crippen LogP contribution is 2.12. The SMILES string of the molecule is Cc1ccc(S(=O)(=O)NCC(=O)NC(Cc2ccc(O)cc2)C(=O)O)cc1. The second-order valence-corrected chi connectivity index (χ2v) is 7.73. The van der Waals surface area contributed by atoms with Crippen molar-refractivity contribution in [2.75, 3.05) is 6.54 Å². The summed E-state index contributed by atoms with van der Waals surface area (Å²) < 4.78 is 26.5. The van der Waals surface area contributed by atoms with Gasteiger partial charge in [0.25, 0.3) is 0 Å². The predicted molar refractivity (Wildman–Crippen MR) is 97.7 cm³/mol. The van der Waals surface area contributed by atoms with E-state index in [1.165, 1.54) is 36.4 Å². The third-order valence-electron chi connectivity index (χ3n) is 3.76. The minimum atomic E-state index is -3.88. The van der Waals surface area contributed by atoms with Crippen molar-refractivity contribution in [1.82, 2.24) is 10.0 Å². The molecule has 9 heteroatoms. The molecule has 1 unspecified atom stereocenters. The largest absolute Gasteiger partial charge is 0.508 e. The molecule has 0 saturated heterocycles. The van der Waals surface area contributed by atoms with Crippen LogP contribution in [-0.4, -0.2) is 43.1 Å². The van der Waals surface area contributed by atoms with Gasteiger partial charge < -0.3 is 15.5 Å². The fourth-order valence-corrected chi connectivity index (χ4v) is 3.26. The van der Waals surface area contributed by atoms with Gasteiger partial charge in [-0.3, -0.25) is 4.79 Å². The van der Waals surface area contributed by atoms with Gasteiger partial charge in [0.15, 0.2) is 0 Å². The van der Waals surface area contributed by atoms with Gasteiger partial charge in [-0.1, -0.05) is 29.8 Å². The van der Waals surface area contributed by atoms with Gasteiger partial charge in [0, 0.05) is 6.42 Å². The number of amides is 1. The molecule has 0 aliphatic heterocycles. The Morgan fingerprint density at radius 3 is 2.19 bits per heavy atom. The molecule has 0 aromatic heterocycles. The highest BCUT2D eigenvalue weighted by atomic mass is 32.2. The first-order valence-electron chi connectivity index (χ1n) is 8.04. The molecule has 144 valence electrons. The van der Waals surface area contributed by atoms with Crippen molar-refractivity contribution in [3.05, 3.63) is 59.7 Å². The van der Waals surface area contributed by atoms with E-state index in [-0.39, 0.29) is 17.1 Å². The second kappa shape index (κ2) is 8.65. The summed E-state index contributed by atoms with van der Waals surface area (Å²) in [6, 6.07) is 10.8. The third-order valence-corrected chi connectivity index (χ3v) is 5.18. The standard InChI is InChI=1S/C18H20N2O6S/c1-12-2-8-15(9-3-12)27(25,26)19-11-17(22)20-16(18(23)24)10-13-4-6-14(21)7-5-13/h2-9,16,19,21H,10-11H2,1H3,(H,20,22)(H,23,24). The van der Waals surface area contributed by atoms with Crippen LogP contribution in [0.15, 0.2) is 53.4 Å². The van der Waals surface area contributed by atoms with Crippen LogP contribution in [0.2, 0.25) is 0 Å². The smallest absolute Gasteiger partial charge is 0.326 e. The lowest BCUT2D eigenvalue weighted by atomic mass is 10.1. The maximum atomic E-state index is 12.2. The van der Waals surface area contributed by atoms with Crippen LogP contribution in [0.5, 0.6) is 5.75 Å². The van der Waals surface area contributed by atoms with E-state index in [0.29, 0.717) is 5.56 Å². The molecule has 0 fully saturated rings. The summed E-state index contributed by atoms with van der Waals surface area (Å²) in [6.45, 7) is 1.23. The van der Waals surface area contributed by atoms with E-state index in [1.807, 2.05) is 6.92 Å². The quantitative estimate of drug-likeness (QED) is 0.525. The number of nitrogens with one attached hydrogen (secondary N) is 2. The molecule has 0 bridgehead atoms. The third kappa shape index (κ3) is 6.08. The van der Waals surface area contributed by atoms with E-state index in [4.69, 9.17) is 0 Å². The topological polar surface area (TPSA) is 133 Å². The second-order valence-electron chi connectivity index (χ2n) is 5.97. The van der Waals surface area contributed by atoms with Crippen LogP contribution in [0.1, 0.15) is 11.1 Å². The normalized spacial score (nSPS) is 12.3. The summed E-state index contributed by atoms with van der Waals surface area (Å²) in [7, 11) is -3.88. The molecular weight excluding hydrogens is 372 g/mol. The maximum absolute atomic E-state index is 12.2. The predicted octanol–water partition coefficient (Wildman–Crippen LogP) is 0.791. The molecule has 0 aliphatic carbocycles. The van der Waals surface area contributed by atoms with E-state index in [1.54, 1.807) is 12.1 Å². The number of carbonyl (C=O) groups excluding carboxylic acids is 1. The number of rotatable bonds is 8. The number of phenolic OH excluding ortho intramolecular Hbond substituents is 1. The van der Waals surface area contributed by atoms with E-state index >= 15 is 0 Å². The van der Waals surface area contributed by atoms with Crippen LogP contribution < -0.4 is 10.0 Å². The number of hydrogen-bond donors (Lipinski definition) is 4. The van der Waals surface area contributed by atoms with Crippen molar-refractivity contribution in [1.29, 1.82) is 0 Å². The Hall–Kier alpha value is -2.91.